The number of nitrogens with zero attached hydrogens (tertiary/aromatic N) is 2. The van der Waals surface area contributed by atoms with E-state index in [0.717, 1.165) is 43.1 Å². The molecule has 0 bridgehead atoms. The maximum Gasteiger partial charge on any atom is 0.321 e. The standard InChI is InChI=1S/C23H32N4O2/c1-15-8-9-20(24-22(28)26-11-16-4-2-5-17(16)12-26)10-21(15)25-23(29)27-13-18-6-3-7-19(18)14-27/h8-10,16-19H,2-7,11-14H2,1H3,(H,24,28)(H,25,29). The summed E-state index contributed by atoms with van der Waals surface area (Å²) in [7, 11) is 0. The number of fused-ring (bicyclic) bond motifs is 2. The van der Waals surface area contributed by atoms with E-state index in [0.29, 0.717) is 23.7 Å². The van der Waals surface area contributed by atoms with Gasteiger partial charge in [0.1, 0.15) is 0 Å². The normalized spacial score (nSPS) is 30.4. The third-order valence-corrected chi connectivity index (χ3v) is 7.76. The molecule has 29 heavy (non-hydrogen) atoms. The average Bonchev–Trinajstić information content (AvgIpc) is 3.43. The van der Waals surface area contributed by atoms with Crippen LogP contribution in [0.4, 0.5) is 21.0 Å². The number of hydrogen-bond donors (Lipinski definition) is 2. The fraction of sp³-hybridized carbons (Fsp3) is 0.652. The highest BCUT2D eigenvalue weighted by atomic mass is 16.2. The van der Waals surface area contributed by atoms with Crippen LogP contribution in [0.3, 0.4) is 0 Å². The Morgan fingerprint density at radius 2 is 1.28 bits per heavy atom. The molecule has 4 unspecified atom stereocenters. The van der Waals surface area contributed by atoms with Crippen LogP contribution >= 0.6 is 0 Å². The first kappa shape index (κ1) is 18.8. The van der Waals surface area contributed by atoms with Gasteiger partial charge in [-0.3, -0.25) is 0 Å². The van der Waals surface area contributed by atoms with Crippen molar-refractivity contribution in [3.8, 4) is 0 Å². The molecule has 6 nitrogen and oxygen atoms in total. The molecule has 1 aromatic rings. The summed E-state index contributed by atoms with van der Waals surface area (Å²) in [4.78, 5) is 29.4. The van der Waals surface area contributed by atoms with Gasteiger partial charge in [-0.15, -0.1) is 0 Å². The van der Waals surface area contributed by atoms with Crippen molar-refractivity contribution in [3.05, 3.63) is 23.8 Å². The van der Waals surface area contributed by atoms with Crippen molar-refractivity contribution in [2.24, 2.45) is 23.7 Å². The summed E-state index contributed by atoms with van der Waals surface area (Å²) >= 11 is 0. The van der Waals surface area contributed by atoms with Crippen LogP contribution in [0.15, 0.2) is 18.2 Å². The molecule has 4 amide bonds. The average molecular weight is 397 g/mol. The summed E-state index contributed by atoms with van der Waals surface area (Å²) in [5.74, 6) is 2.75. The molecule has 2 N–H and O–H groups in total. The highest BCUT2D eigenvalue weighted by Gasteiger charge is 2.39. The zero-order valence-corrected chi connectivity index (χ0v) is 17.3. The number of benzene rings is 1. The molecule has 6 heteroatoms. The predicted octanol–water partition coefficient (Wildman–Crippen LogP) is 4.52. The second-order valence-electron chi connectivity index (χ2n) is 9.60. The Morgan fingerprint density at radius 3 is 1.79 bits per heavy atom. The quantitative estimate of drug-likeness (QED) is 0.772. The minimum Gasteiger partial charge on any atom is -0.324 e. The van der Waals surface area contributed by atoms with Gasteiger partial charge in [0, 0.05) is 37.6 Å². The fourth-order valence-corrected chi connectivity index (χ4v) is 6.03. The molecule has 2 saturated carbocycles. The highest BCUT2D eigenvalue weighted by Crippen LogP contribution is 2.39. The number of hydrogen-bond acceptors (Lipinski definition) is 2. The van der Waals surface area contributed by atoms with Crippen molar-refractivity contribution in [1.82, 2.24) is 9.80 Å². The van der Waals surface area contributed by atoms with Gasteiger partial charge in [-0.05, 0) is 74.0 Å². The number of carbonyl (C=O) groups is 2. The molecular formula is C23H32N4O2. The molecule has 4 fully saturated rings. The number of carbonyl (C=O) groups excluding carboxylic acids is 2. The summed E-state index contributed by atoms with van der Waals surface area (Å²) in [6.07, 6.45) is 7.65. The Balaban J connectivity index is 1.21. The summed E-state index contributed by atoms with van der Waals surface area (Å²) in [5.41, 5.74) is 2.53. The van der Waals surface area contributed by atoms with Gasteiger partial charge in [0.15, 0.2) is 0 Å². The first-order valence-electron chi connectivity index (χ1n) is 11.3. The van der Waals surface area contributed by atoms with E-state index in [1.807, 2.05) is 34.9 Å². The number of aryl methyl sites for hydroxylation is 1. The molecule has 2 saturated heterocycles. The number of anilines is 2. The van der Waals surface area contributed by atoms with Gasteiger partial charge in [-0.1, -0.05) is 18.9 Å². The highest BCUT2D eigenvalue weighted by molar-refractivity contribution is 5.93. The van der Waals surface area contributed by atoms with Gasteiger partial charge in [-0.25, -0.2) is 9.59 Å². The van der Waals surface area contributed by atoms with Crippen molar-refractivity contribution in [1.29, 1.82) is 0 Å². The van der Waals surface area contributed by atoms with Crippen LogP contribution in [0.5, 0.6) is 0 Å². The molecule has 5 rings (SSSR count). The minimum atomic E-state index is -0.0205. The zero-order valence-electron chi connectivity index (χ0n) is 17.3. The number of rotatable bonds is 2. The number of amides is 4. The van der Waals surface area contributed by atoms with Crippen molar-refractivity contribution in [2.75, 3.05) is 36.8 Å². The fourth-order valence-electron chi connectivity index (χ4n) is 6.03. The Hall–Kier alpha value is -2.24. The van der Waals surface area contributed by atoms with Crippen LogP contribution in [0.2, 0.25) is 0 Å². The Morgan fingerprint density at radius 1 is 0.793 bits per heavy atom. The first-order valence-corrected chi connectivity index (χ1v) is 11.3. The van der Waals surface area contributed by atoms with Gasteiger partial charge < -0.3 is 20.4 Å². The summed E-state index contributed by atoms with van der Waals surface area (Å²) in [6, 6.07) is 5.73. The maximum atomic E-state index is 12.8. The molecule has 4 aliphatic rings. The van der Waals surface area contributed by atoms with Crippen LogP contribution in [0.1, 0.15) is 44.1 Å². The number of nitrogens with one attached hydrogen (secondary N) is 2. The van der Waals surface area contributed by atoms with Crippen LogP contribution in [-0.4, -0.2) is 48.0 Å². The zero-order chi connectivity index (χ0) is 20.0. The predicted molar refractivity (Wildman–Crippen MR) is 114 cm³/mol. The van der Waals surface area contributed by atoms with Gasteiger partial charge in [0.25, 0.3) is 0 Å². The molecule has 1 aromatic carbocycles. The van der Waals surface area contributed by atoms with E-state index >= 15 is 0 Å². The van der Waals surface area contributed by atoms with E-state index in [2.05, 4.69) is 10.6 Å². The number of likely N-dealkylation sites (tertiary alicyclic amines) is 2. The van der Waals surface area contributed by atoms with E-state index in [4.69, 9.17) is 0 Å². The van der Waals surface area contributed by atoms with E-state index in [1.165, 1.54) is 38.5 Å². The SMILES string of the molecule is Cc1ccc(NC(=O)N2CC3CCCC3C2)cc1NC(=O)N1CC2CCCC2C1. The molecule has 156 valence electrons. The summed E-state index contributed by atoms with van der Waals surface area (Å²) in [5, 5.41) is 6.12. The van der Waals surface area contributed by atoms with Crippen LogP contribution in [-0.2, 0) is 0 Å². The minimum absolute atomic E-state index is 0.0154. The molecule has 2 aliphatic carbocycles. The van der Waals surface area contributed by atoms with E-state index in [1.54, 1.807) is 0 Å². The third-order valence-electron chi connectivity index (χ3n) is 7.76. The van der Waals surface area contributed by atoms with Gasteiger partial charge in [0.2, 0.25) is 0 Å². The molecule has 4 atom stereocenters. The molecule has 0 spiro atoms. The lowest BCUT2D eigenvalue weighted by Gasteiger charge is -2.21. The lowest BCUT2D eigenvalue weighted by Crippen LogP contribution is -2.34. The third kappa shape index (κ3) is 3.69. The number of urea groups is 2. The molecule has 2 aliphatic heterocycles. The lowest BCUT2D eigenvalue weighted by atomic mass is 10.0. The van der Waals surface area contributed by atoms with Crippen molar-refractivity contribution < 1.29 is 9.59 Å². The van der Waals surface area contributed by atoms with E-state index in [-0.39, 0.29) is 12.1 Å². The maximum absolute atomic E-state index is 12.8. The lowest BCUT2D eigenvalue weighted by molar-refractivity contribution is 0.218. The van der Waals surface area contributed by atoms with Gasteiger partial charge in [-0.2, -0.15) is 0 Å². The largest absolute Gasteiger partial charge is 0.324 e. The Bertz CT molecular complexity index is 786. The molecule has 0 radical (unpaired) electrons. The van der Waals surface area contributed by atoms with Crippen LogP contribution in [0.25, 0.3) is 0 Å². The summed E-state index contributed by atoms with van der Waals surface area (Å²) in [6.45, 7) is 5.50. The second-order valence-corrected chi connectivity index (χ2v) is 9.60. The van der Waals surface area contributed by atoms with Gasteiger partial charge >= 0.3 is 12.1 Å². The van der Waals surface area contributed by atoms with Gasteiger partial charge in [0.05, 0.1) is 0 Å². The second kappa shape index (κ2) is 7.54. The van der Waals surface area contributed by atoms with Crippen molar-refractivity contribution >= 4 is 23.4 Å². The Labute approximate surface area is 173 Å². The topological polar surface area (TPSA) is 64.7 Å². The van der Waals surface area contributed by atoms with E-state index in [9.17, 15) is 9.59 Å². The Kier molecular flexibility index (Phi) is 4.88. The van der Waals surface area contributed by atoms with Crippen molar-refractivity contribution in [2.45, 2.75) is 45.4 Å². The van der Waals surface area contributed by atoms with Crippen molar-refractivity contribution in [3.63, 3.8) is 0 Å². The van der Waals surface area contributed by atoms with E-state index < -0.39 is 0 Å². The smallest absolute Gasteiger partial charge is 0.321 e. The molecule has 2 heterocycles. The van der Waals surface area contributed by atoms with Crippen LogP contribution < -0.4 is 10.6 Å². The summed E-state index contributed by atoms with van der Waals surface area (Å²) < 4.78 is 0. The molecular weight excluding hydrogens is 364 g/mol. The monoisotopic (exact) mass is 396 g/mol. The molecule has 0 aromatic heterocycles. The van der Waals surface area contributed by atoms with Crippen LogP contribution in [0, 0.1) is 30.6 Å². The first-order chi connectivity index (χ1) is 14.1.